The summed E-state index contributed by atoms with van der Waals surface area (Å²) in [4.78, 5) is 6.91. The zero-order chi connectivity index (χ0) is 8.55. The Bertz CT molecular complexity index is 468. The first-order valence-corrected chi connectivity index (χ1v) is 3.44. The van der Waals surface area contributed by atoms with Gasteiger partial charge in [0.2, 0.25) is 0 Å². The summed E-state index contributed by atoms with van der Waals surface area (Å²) >= 11 is 0. The van der Waals surface area contributed by atoms with E-state index in [-0.39, 0.29) is 12.4 Å². The molecule has 66 valence electrons. The van der Waals surface area contributed by atoms with E-state index in [2.05, 4.69) is 9.97 Å². The highest BCUT2D eigenvalue weighted by Crippen LogP contribution is 2.18. The summed E-state index contributed by atoms with van der Waals surface area (Å²) in [6, 6.07) is 3.72. The van der Waals surface area contributed by atoms with Crippen LogP contribution in [0.25, 0.3) is 11.0 Å². The van der Waals surface area contributed by atoms with Crippen LogP contribution in [0, 0.1) is 11.3 Å². The number of fused-ring (bicyclic) bond motifs is 1. The lowest BCUT2D eigenvalue weighted by Crippen LogP contribution is -1.83. The van der Waals surface area contributed by atoms with Crippen molar-refractivity contribution >= 4 is 29.1 Å². The summed E-state index contributed by atoms with van der Waals surface area (Å²) < 4.78 is 0. The zero-order valence-corrected chi connectivity index (χ0v) is 7.43. The first-order chi connectivity index (χ1) is 5.81. The quantitative estimate of drug-likeness (QED) is 0.666. The molecule has 0 saturated carbocycles. The van der Waals surface area contributed by atoms with Gasteiger partial charge in [-0.15, -0.1) is 12.4 Å². The van der Waals surface area contributed by atoms with Crippen LogP contribution >= 0.6 is 12.4 Å². The Balaban J connectivity index is 0.000000845. The molecule has 0 fully saturated rings. The van der Waals surface area contributed by atoms with Gasteiger partial charge in [0.05, 0.1) is 11.3 Å². The van der Waals surface area contributed by atoms with Gasteiger partial charge in [-0.05, 0) is 6.07 Å². The highest BCUT2D eigenvalue weighted by atomic mass is 35.5. The Labute approximate surface area is 80.8 Å². The van der Waals surface area contributed by atoms with Crippen LogP contribution in [-0.2, 0) is 0 Å². The van der Waals surface area contributed by atoms with Crippen LogP contribution in [-0.4, -0.2) is 9.97 Å². The van der Waals surface area contributed by atoms with Crippen LogP contribution in [0.1, 0.15) is 5.56 Å². The number of anilines is 1. The molecule has 4 nitrogen and oxygen atoms in total. The maximum absolute atomic E-state index is 8.58. The molecule has 2 heterocycles. The highest BCUT2D eigenvalue weighted by Gasteiger charge is 2.01. The van der Waals surface area contributed by atoms with Gasteiger partial charge in [-0.1, -0.05) is 0 Å². The van der Waals surface area contributed by atoms with Crippen molar-refractivity contribution in [3.63, 3.8) is 0 Å². The van der Waals surface area contributed by atoms with Crippen molar-refractivity contribution in [1.29, 1.82) is 5.26 Å². The normalized spacial score (nSPS) is 9.15. The molecular weight excluding hydrogens is 188 g/mol. The fourth-order valence-electron chi connectivity index (χ4n) is 1.08. The number of nitrogens with two attached hydrogens (primary N) is 1. The van der Waals surface area contributed by atoms with Crippen LogP contribution in [0.2, 0.25) is 0 Å². The largest absolute Gasteiger partial charge is 0.397 e. The summed E-state index contributed by atoms with van der Waals surface area (Å²) in [5, 5.41) is 9.38. The van der Waals surface area contributed by atoms with E-state index in [1.54, 1.807) is 12.3 Å². The topological polar surface area (TPSA) is 78.5 Å². The van der Waals surface area contributed by atoms with Gasteiger partial charge in [-0.2, -0.15) is 5.26 Å². The average molecular weight is 195 g/mol. The second kappa shape index (κ2) is 3.33. The SMILES string of the molecule is Cl.N#Cc1cnc2[nH]cc(N)c2c1. The Hall–Kier alpha value is -1.73. The molecule has 0 bridgehead atoms. The number of rotatable bonds is 0. The number of nitrogens with zero attached hydrogens (tertiary/aromatic N) is 2. The summed E-state index contributed by atoms with van der Waals surface area (Å²) in [6.45, 7) is 0. The highest BCUT2D eigenvalue weighted by molar-refractivity contribution is 5.89. The Morgan fingerprint density at radius 1 is 1.54 bits per heavy atom. The molecule has 0 spiro atoms. The smallest absolute Gasteiger partial charge is 0.139 e. The number of halogens is 1. The number of nitrogens with one attached hydrogen (secondary N) is 1. The van der Waals surface area contributed by atoms with Gasteiger partial charge in [-0.25, -0.2) is 4.98 Å². The van der Waals surface area contributed by atoms with Gasteiger partial charge >= 0.3 is 0 Å². The summed E-state index contributed by atoms with van der Waals surface area (Å²) in [7, 11) is 0. The van der Waals surface area contributed by atoms with Crippen LogP contribution in [0.15, 0.2) is 18.5 Å². The van der Waals surface area contributed by atoms with E-state index in [1.807, 2.05) is 6.07 Å². The van der Waals surface area contributed by atoms with Gasteiger partial charge in [0, 0.05) is 17.8 Å². The maximum Gasteiger partial charge on any atom is 0.139 e. The molecule has 0 aliphatic heterocycles. The third-order valence-corrected chi connectivity index (χ3v) is 1.69. The van der Waals surface area contributed by atoms with Crippen molar-refractivity contribution in [2.45, 2.75) is 0 Å². The van der Waals surface area contributed by atoms with E-state index in [0.717, 1.165) is 5.39 Å². The van der Waals surface area contributed by atoms with E-state index >= 15 is 0 Å². The van der Waals surface area contributed by atoms with Crippen molar-refractivity contribution in [2.24, 2.45) is 0 Å². The van der Waals surface area contributed by atoms with Crippen LogP contribution in [0.3, 0.4) is 0 Å². The number of nitriles is 1. The Kier molecular flexibility index (Phi) is 2.40. The molecule has 0 atom stereocenters. The first kappa shape index (κ1) is 9.36. The van der Waals surface area contributed by atoms with E-state index < -0.39 is 0 Å². The second-order valence-corrected chi connectivity index (χ2v) is 2.48. The van der Waals surface area contributed by atoms with Crippen molar-refractivity contribution in [1.82, 2.24) is 9.97 Å². The third-order valence-electron chi connectivity index (χ3n) is 1.69. The van der Waals surface area contributed by atoms with Gasteiger partial charge < -0.3 is 10.7 Å². The molecule has 5 heteroatoms. The lowest BCUT2D eigenvalue weighted by Gasteiger charge is -1.90. The first-order valence-electron chi connectivity index (χ1n) is 3.44. The predicted octanol–water partition coefficient (Wildman–Crippen LogP) is 1.44. The van der Waals surface area contributed by atoms with Gasteiger partial charge in [-0.3, -0.25) is 0 Å². The Morgan fingerprint density at radius 2 is 2.31 bits per heavy atom. The standard InChI is InChI=1S/C8H6N4.ClH/c9-2-5-1-6-7(10)4-12-8(6)11-3-5;/h1,3-4H,10H2,(H,11,12);1H. The third kappa shape index (κ3) is 1.42. The van der Waals surface area contributed by atoms with Crippen molar-refractivity contribution in [3.05, 3.63) is 24.0 Å². The van der Waals surface area contributed by atoms with Crippen LogP contribution < -0.4 is 5.73 Å². The number of hydrogen-bond donors (Lipinski definition) is 2. The van der Waals surface area contributed by atoms with E-state index in [1.165, 1.54) is 6.20 Å². The molecule has 0 amide bonds. The fourth-order valence-corrected chi connectivity index (χ4v) is 1.08. The lowest BCUT2D eigenvalue weighted by atomic mass is 10.2. The van der Waals surface area contributed by atoms with Crippen molar-refractivity contribution in [2.75, 3.05) is 5.73 Å². The van der Waals surface area contributed by atoms with Gasteiger partial charge in [0.15, 0.2) is 0 Å². The molecular formula is C8H7ClN4. The molecule has 3 N–H and O–H groups in total. The molecule has 0 saturated heterocycles. The van der Waals surface area contributed by atoms with Gasteiger partial charge in [0.25, 0.3) is 0 Å². The molecule has 2 rings (SSSR count). The number of hydrogen-bond acceptors (Lipinski definition) is 3. The van der Waals surface area contributed by atoms with E-state index in [9.17, 15) is 0 Å². The molecule has 2 aromatic rings. The molecule has 13 heavy (non-hydrogen) atoms. The zero-order valence-electron chi connectivity index (χ0n) is 6.61. The minimum atomic E-state index is 0. The summed E-state index contributed by atoms with van der Waals surface area (Å²) in [5.41, 5.74) is 7.48. The molecule has 0 aliphatic carbocycles. The average Bonchev–Trinajstić information content (AvgIpc) is 2.47. The number of nitrogen functional groups attached to an aromatic ring is 1. The molecule has 2 aromatic heterocycles. The minimum Gasteiger partial charge on any atom is -0.397 e. The van der Waals surface area contributed by atoms with Crippen molar-refractivity contribution in [3.8, 4) is 6.07 Å². The number of aromatic amines is 1. The predicted molar refractivity (Wildman–Crippen MR) is 52.5 cm³/mol. The summed E-state index contributed by atoms with van der Waals surface area (Å²) in [6.07, 6.45) is 3.18. The molecule has 0 unspecified atom stereocenters. The minimum absolute atomic E-state index is 0. The molecule has 0 radical (unpaired) electrons. The number of H-pyrrole nitrogens is 1. The molecule has 0 aromatic carbocycles. The Morgan fingerprint density at radius 3 is 3.00 bits per heavy atom. The van der Waals surface area contributed by atoms with Crippen molar-refractivity contribution < 1.29 is 0 Å². The number of pyridine rings is 1. The summed E-state index contributed by atoms with van der Waals surface area (Å²) in [5.74, 6) is 0. The van der Waals surface area contributed by atoms with Gasteiger partial charge in [0.1, 0.15) is 11.7 Å². The van der Waals surface area contributed by atoms with Crippen LogP contribution in [0.5, 0.6) is 0 Å². The fraction of sp³-hybridized carbons (Fsp3) is 0. The maximum atomic E-state index is 8.58. The van der Waals surface area contributed by atoms with E-state index in [4.69, 9.17) is 11.0 Å². The monoisotopic (exact) mass is 194 g/mol. The lowest BCUT2D eigenvalue weighted by molar-refractivity contribution is 1.31. The second-order valence-electron chi connectivity index (χ2n) is 2.48. The molecule has 0 aliphatic rings. The van der Waals surface area contributed by atoms with E-state index in [0.29, 0.717) is 16.9 Å². The van der Waals surface area contributed by atoms with Crippen LogP contribution in [0.4, 0.5) is 5.69 Å². The number of aromatic nitrogens is 2.